The molecule has 4 aromatic rings. The van der Waals surface area contributed by atoms with E-state index in [0.717, 1.165) is 33.5 Å². The predicted octanol–water partition coefficient (Wildman–Crippen LogP) is 6.90. The fraction of sp³-hybridized carbons (Fsp3) is 0.0769. The highest BCUT2D eigenvalue weighted by Crippen LogP contribution is 2.32. The predicted molar refractivity (Wildman–Crippen MR) is 141 cm³/mol. The number of carbonyl (C=O) groups excluding carboxylic acids is 1. The van der Waals surface area contributed by atoms with Crippen LogP contribution in [0.4, 0.5) is 5.69 Å². The number of halogens is 2. The molecule has 1 saturated heterocycles. The largest absolute Gasteiger partial charge is 0.497 e. The third-order valence-electron chi connectivity index (χ3n) is 5.42. The van der Waals surface area contributed by atoms with Gasteiger partial charge in [0.1, 0.15) is 5.75 Å². The molecule has 3 aromatic carbocycles. The van der Waals surface area contributed by atoms with Gasteiger partial charge in [0.2, 0.25) is 0 Å². The van der Waals surface area contributed by atoms with Gasteiger partial charge in [-0.1, -0.05) is 47.5 Å². The number of hydrogen-bond acceptors (Lipinski definition) is 4. The summed E-state index contributed by atoms with van der Waals surface area (Å²) in [4.78, 5) is 17.8. The highest BCUT2D eigenvalue weighted by Gasteiger charge is 2.24. The Morgan fingerprint density at radius 2 is 1.88 bits per heavy atom. The molecule has 34 heavy (non-hydrogen) atoms. The Labute approximate surface area is 211 Å². The number of nitrogens with zero attached hydrogens (tertiary/aromatic N) is 2. The smallest absolute Gasteiger partial charge is 0.264 e. The lowest BCUT2D eigenvalue weighted by Crippen LogP contribution is -2.19. The number of amides is 1. The molecule has 1 N–H and O–H groups in total. The first-order chi connectivity index (χ1) is 16.5. The summed E-state index contributed by atoms with van der Waals surface area (Å²) in [6.07, 6.45) is 3.94. The van der Waals surface area contributed by atoms with E-state index in [1.807, 2.05) is 66.9 Å². The minimum atomic E-state index is -0.171. The zero-order valence-electron chi connectivity index (χ0n) is 18.1. The number of nitrogens with one attached hydrogen (secondary N) is 1. The fourth-order valence-corrected chi connectivity index (χ4v) is 5.05. The summed E-state index contributed by atoms with van der Waals surface area (Å²) < 4.78 is 7.30. The van der Waals surface area contributed by atoms with E-state index in [1.54, 1.807) is 13.2 Å². The van der Waals surface area contributed by atoms with Gasteiger partial charge in [-0.05, 0) is 65.9 Å². The van der Waals surface area contributed by atoms with E-state index in [-0.39, 0.29) is 5.91 Å². The second kappa shape index (κ2) is 9.58. The summed E-state index contributed by atoms with van der Waals surface area (Å²) >= 11 is 13.8. The van der Waals surface area contributed by atoms with Crippen molar-refractivity contribution < 1.29 is 9.53 Å². The Kier molecular flexibility index (Phi) is 6.37. The van der Waals surface area contributed by atoms with E-state index in [9.17, 15) is 4.79 Å². The van der Waals surface area contributed by atoms with Crippen molar-refractivity contribution in [2.45, 2.75) is 6.54 Å². The summed E-state index contributed by atoms with van der Waals surface area (Å²) in [6, 6.07) is 20.9. The SMILES string of the molecule is COc1ccc(N=C2NC(=O)/C(=C\c3cn(Cc4ccc(Cl)cc4Cl)c4ccccc34)S2)cc1. The lowest BCUT2D eigenvalue weighted by molar-refractivity contribution is -0.115. The summed E-state index contributed by atoms with van der Waals surface area (Å²) in [5, 5.41) is 5.66. The average molecular weight is 508 g/mol. The van der Waals surface area contributed by atoms with Crippen LogP contribution in [0.2, 0.25) is 10.0 Å². The minimum absolute atomic E-state index is 0.171. The second-order valence-corrected chi connectivity index (χ2v) is 9.52. The molecule has 0 atom stereocenters. The van der Waals surface area contributed by atoms with Gasteiger partial charge in [-0.25, -0.2) is 4.99 Å². The number of aliphatic imine (C=N–C) groups is 1. The third-order valence-corrected chi connectivity index (χ3v) is 6.91. The number of carbonyl (C=O) groups is 1. The number of ether oxygens (including phenoxy) is 1. The number of thioether (sulfide) groups is 1. The van der Waals surface area contributed by atoms with Crippen LogP contribution in [0, 0.1) is 0 Å². The van der Waals surface area contributed by atoms with Crippen LogP contribution in [0.3, 0.4) is 0 Å². The molecular formula is C26H19Cl2N3O2S. The van der Waals surface area contributed by atoms with Crippen molar-refractivity contribution in [1.82, 2.24) is 9.88 Å². The van der Waals surface area contributed by atoms with Gasteiger partial charge in [-0.2, -0.15) is 0 Å². The van der Waals surface area contributed by atoms with Crippen LogP contribution in [-0.2, 0) is 11.3 Å². The maximum absolute atomic E-state index is 12.7. The highest BCUT2D eigenvalue weighted by molar-refractivity contribution is 8.18. The fourth-order valence-electron chi connectivity index (χ4n) is 3.75. The topological polar surface area (TPSA) is 55.6 Å². The molecule has 1 amide bonds. The van der Waals surface area contributed by atoms with Gasteiger partial charge in [0.05, 0.1) is 17.7 Å². The Balaban J connectivity index is 1.45. The van der Waals surface area contributed by atoms with Crippen molar-refractivity contribution in [2.75, 3.05) is 7.11 Å². The van der Waals surface area contributed by atoms with Crippen molar-refractivity contribution in [3.05, 3.63) is 99.0 Å². The quantitative estimate of drug-likeness (QED) is 0.299. The van der Waals surface area contributed by atoms with Crippen molar-refractivity contribution in [3.63, 3.8) is 0 Å². The first kappa shape index (κ1) is 22.6. The van der Waals surface area contributed by atoms with Crippen LogP contribution in [-0.4, -0.2) is 22.8 Å². The van der Waals surface area contributed by atoms with E-state index in [4.69, 9.17) is 27.9 Å². The molecule has 1 aliphatic heterocycles. The van der Waals surface area contributed by atoms with Gasteiger partial charge in [0, 0.05) is 39.3 Å². The second-order valence-electron chi connectivity index (χ2n) is 7.64. The highest BCUT2D eigenvalue weighted by atomic mass is 35.5. The molecule has 170 valence electrons. The first-order valence-electron chi connectivity index (χ1n) is 10.5. The monoisotopic (exact) mass is 507 g/mol. The van der Waals surface area contributed by atoms with Gasteiger partial charge in [-0.3, -0.25) is 4.79 Å². The molecule has 0 spiro atoms. The zero-order chi connectivity index (χ0) is 23.7. The third kappa shape index (κ3) is 4.71. The molecule has 0 saturated carbocycles. The number of fused-ring (bicyclic) bond motifs is 1. The van der Waals surface area contributed by atoms with Crippen LogP contribution < -0.4 is 10.1 Å². The standard InChI is InChI=1S/C26H19Cl2N3O2S/c1-33-20-10-8-19(9-11-20)29-26-30-25(32)24(34-26)12-17-15-31(23-5-3-2-4-21(17)23)14-16-6-7-18(27)13-22(16)28/h2-13,15H,14H2,1H3,(H,29,30,32)/b24-12+. The lowest BCUT2D eigenvalue weighted by Gasteiger charge is -2.08. The normalized spacial score (nSPS) is 15.9. The molecule has 2 heterocycles. The van der Waals surface area contributed by atoms with E-state index in [1.165, 1.54) is 11.8 Å². The van der Waals surface area contributed by atoms with E-state index < -0.39 is 0 Å². The molecule has 5 rings (SSSR count). The zero-order valence-corrected chi connectivity index (χ0v) is 20.4. The number of aromatic nitrogens is 1. The molecule has 1 fully saturated rings. The van der Waals surface area contributed by atoms with Gasteiger partial charge in [-0.15, -0.1) is 0 Å². The molecule has 5 nitrogen and oxygen atoms in total. The molecule has 0 unspecified atom stereocenters. The van der Waals surface area contributed by atoms with E-state index >= 15 is 0 Å². The average Bonchev–Trinajstić information content (AvgIpc) is 3.36. The number of benzene rings is 3. The van der Waals surface area contributed by atoms with Gasteiger partial charge in [0.15, 0.2) is 5.17 Å². The summed E-state index contributed by atoms with van der Waals surface area (Å²) in [7, 11) is 1.62. The van der Waals surface area contributed by atoms with E-state index in [0.29, 0.717) is 26.7 Å². The first-order valence-corrected chi connectivity index (χ1v) is 12.0. The maximum Gasteiger partial charge on any atom is 0.264 e. The summed E-state index contributed by atoms with van der Waals surface area (Å²) in [5.74, 6) is 0.582. The van der Waals surface area contributed by atoms with Gasteiger partial charge >= 0.3 is 0 Å². The van der Waals surface area contributed by atoms with Gasteiger partial charge < -0.3 is 14.6 Å². The van der Waals surface area contributed by atoms with Crippen LogP contribution in [0.25, 0.3) is 17.0 Å². The molecule has 1 aromatic heterocycles. The molecule has 1 aliphatic rings. The molecule has 8 heteroatoms. The number of amidine groups is 1. The Morgan fingerprint density at radius 3 is 2.65 bits per heavy atom. The Morgan fingerprint density at radius 1 is 1.09 bits per heavy atom. The van der Waals surface area contributed by atoms with Crippen molar-refractivity contribution in [3.8, 4) is 5.75 Å². The summed E-state index contributed by atoms with van der Waals surface area (Å²) in [6.45, 7) is 0.587. The van der Waals surface area contributed by atoms with Crippen LogP contribution in [0.1, 0.15) is 11.1 Å². The van der Waals surface area contributed by atoms with Crippen LogP contribution in [0.5, 0.6) is 5.75 Å². The number of hydrogen-bond donors (Lipinski definition) is 1. The van der Waals surface area contributed by atoms with Crippen LogP contribution >= 0.6 is 35.0 Å². The van der Waals surface area contributed by atoms with Crippen LogP contribution in [0.15, 0.2) is 82.8 Å². The minimum Gasteiger partial charge on any atom is -0.497 e. The van der Waals surface area contributed by atoms with E-state index in [2.05, 4.69) is 20.9 Å². The number of methoxy groups -OCH3 is 1. The Bertz CT molecular complexity index is 1460. The molecule has 0 radical (unpaired) electrons. The Hall–Kier alpha value is -3.19. The number of rotatable bonds is 5. The summed E-state index contributed by atoms with van der Waals surface area (Å²) in [5.41, 5.74) is 3.70. The molecule has 0 bridgehead atoms. The van der Waals surface area contributed by atoms with Crippen molar-refractivity contribution in [2.24, 2.45) is 4.99 Å². The van der Waals surface area contributed by atoms with Crippen molar-refractivity contribution in [1.29, 1.82) is 0 Å². The van der Waals surface area contributed by atoms with Crippen molar-refractivity contribution >= 4 is 68.7 Å². The lowest BCUT2D eigenvalue weighted by atomic mass is 10.1. The maximum atomic E-state index is 12.7. The molecular weight excluding hydrogens is 489 g/mol. The van der Waals surface area contributed by atoms with Gasteiger partial charge in [0.25, 0.3) is 5.91 Å². The molecule has 0 aliphatic carbocycles. The number of para-hydroxylation sites is 1.